The van der Waals surface area contributed by atoms with E-state index in [1.807, 2.05) is 35.8 Å². The lowest BCUT2D eigenvalue weighted by Gasteiger charge is -2.24. The molecule has 6 nitrogen and oxygen atoms in total. The highest BCUT2D eigenvalue weighted by Crippen LogP contribution is 2.24. The minimum absolute atomic E-state index is 0.0771. The van der Waals surface area contributed by atoms with Crippen molar-refractivity contribution in [3.05, 3.63) is 28.5 Å². The van der Waals surface area contributed by atoms with Gasteiger partial charge in [-0.3, -0.25) is 9.48 Å². The molecular formula is C14H19N5OS. The molecule has 0 aromatic carbocycles. The number of rotatable bonds is 4. The zero-order valence-corrected chi connectivity index (χ0v) is 13.1. The van der Waals surface area contributed by atoms with Gasteiger partial charge in [-0.05, 0) is 43.3 Å². The zero-order valence-electron chi connectivity index (χ0n) is 12.3. The first-order valence-corrected chi connectivity index (χ1v) is 8.07. The van der Waals surface area contributed by atoms with Crippen LogP contribution in [0.1, 0.15) is 40.7 Å². The highest BCUT2D eigenvalue weighted by molar-refractivity contribution is 7.08. The molecule has 0 radical (unpaired) electrons. The van der Waals surface area contributed by atoms with E-state index in [9.17, 15) is 4.79 Å². The van der Waals surface area contributed by atoms with Gasteiger partial charge in [-0.1, -0.05) is 11.4 Å². The van der Waals surface area contributed by atoms with Gasteiger partial charge in [0.15, 0.2) is 0 Å². The predicted octanol–water partition coefficient (Wildman–Crippen LogP) is 1.91. The Morgan fingerprint density at radius 2 is 2.38 bits per heavy atom. The van der Waals surface area contributed by atoms with Crippen LogP contribution in [0, 0.1) is 6.92 Å². The fourth-order valence-corrected chi connectivity index (χ4v) is 3.52. The summed E-state index contributed by atoms with van der Waals surface area (Å²) in [6.07, 6.45) is 6.69. The molecule has 1 amide bonds. The smallest absolute Gasteiger partial charge is 0.267 e. The Morgan fingerprint density at radius 3 is 3.10 bits per heavy atom. The van der Waals surface area contributed by atoms with Crippen LogP contribution < -0.4 is 0 Å². The van der Waals surface area contributed by atoms with Crippen LogP contribution in [0.3, 0.4) is 0 Å². The number of carbonyl (C=O) groups excluding carboxylic acids is 1. The number of likely N-dealkylation sites (tertiary alicyclic amines) is 1. The van der Waals surface area contributed by atoms with Gasteiger partial charge in [0.2, 0.25) is 0 Å². The summed E-state index contributed by atoms with van der Waals surface area (Å²) in [5.41, 5.74) is 1.95. The molecule has 2 aromatic rings. The quantitative estimate of drug-likeness (QED) is 0.865. The largest absolute Gasteiger partial charge is 0.333 e. The number of carbonyl (C=O) groups is 1. The molecule has 0 spiro atoms. The summed E-state index contributed by atoms with van der Waals surface area (Å²) in [6.45, 7) is 5.59. The van der Waals surface area contributed by atoms with Crippen LogP contribution in [0.4, 0.5) is 0 Å². The van der Waals surface area contributed by atoms with Gasteiger partial charge in [0.25, 0.3) is 5.91 Å². The standard InChI is InChI=1S/C14H19N5OS/c1-3-12-13(21-17-16-12)14(20)19-6-4-5-11(19)9-18-8-10(2)7-15-18/h7-8,11H,3-6,9H2,1-2H3/t11-/m0/s1. The van der Waals surface area contributed by atoms with Crippen molar-refractivity contribution in [2.24, 2.45) is 0 Å². The van der Waals surface area contributed by atoms with Gasteiger partial charge in [0.1, 0.15) is 4.88 Å². The molecule has 7 heteroatoms. The Morgan fingerprint density at radius 1 is 1.52 bits per heavy atom. The summed E-state index contributed by atoms with van der Waals surface area (Å²) >= 11 is 1.21. The average molecular weight is 305 g/mol. The first-order valence-electron chi connectivity index (χ1n) is 7.30. The summed E-state index contributed by atoms with van der Waals surface area (Å²) in [7, 11) is 0. The number of hydrogen-bond donors (Lipinski definition) is 0. The summed E-state index contributed by atoms with van der Waals surface area (Å²) in [5.74, 6) is 0.0771. The summed E-state index contributed by atoms with van der Waals surface area (Å²) in [4.78, 5) is 15.4. The lowest BCUT2D eigenvalue weighted by atomic mass is 10.2. The molecular weight excluding hydrogens is 286 g/mol. The van der Waals surface area contributed by atoms with Crippen molar-refractivity contribution in [3.63, 3.8) is 0 Å². The average Bonchev–Trinajstić information content (AvgIpc) is 3.19. The molecule has 1 aliphatic rings. The SMILES string of the molecule is CCc1nnsc1C(=O)N1CCC[C@H]1Cn1cc(C)cn1. The Hall–Kier alpha value is -1.76. The van der Waals surface area contributed by atoms with E-state index in [0.717, 1.165) is 43.6 Å². The monoisotopic (exact) mass is 305 g/mol. The van der Waals surface area contributed by atoms with Gasteiger partial charge in [-0.25, -0.2) is 0 Å². The van der Waals surface area contributed by atoms with Gasteiger partial charge < -0.3 is 4.90 Å². The molecule has 1 saturated heterocycles. The van der Waals surface area contributed by atoms with Crippen LogP contribution in [0.25, 0.3) is 0 Å². The summed E-state index contributed by atoms with van der Waals surface area (Å²) in [5, 5.41) is 8.37. The van der Waals surface area contributed by atoms with E-state index < -0.39 is 0 Å². The van der Waals surface area contributed by atoms with Gasteiger partial charge >= 0.3 is 0 Å². The number of amides is 1. The number of aromatic nitrogens is 4. The van der Waals surface area contributed by atoms with Crippen molar-refractivity contribution in [1.29, 1.82) is 0 Å². The van der Waals surface area contributed by atoms with Gasteiger partial charge in [0, 0.05) is 12.7 Å². The predicted molar refractivity (Wildman–Crippen MR) is 80.3 cm³/mol. The normalized spacial score (nSPS) is 18.4. The van der Waals surface area contributed by atoms with Crippen LogP contribution in [0.5, 0.6) is 0 Å². The number of hydrogen-bond acceptors (Lipinski definition) is 5. The fourth-order valence-electron chi connectivity index (χ4n) is 2.81. The molecule has 1 fully saturated rings. The highest BCUT2D eigenvalue weighted by atomic mass is 32.1. The summed E-state index contributed by atoms with van der Waals surface area (Å²) < 4.78 is 5.85. The third-order valence-electron chi connectivity index (χ3n) is 3.88. The van der Waals surface area contributed by atoms with Gasteiger partial charge in [0.05, 0.1) is 24.5 Å². The molecule has 21 heavy (non-hydrogen) atoms. The molecule has 0 bridgehead atoms. The minimum atomic E-state index is 0.0771. The van der Waals surface area contributed by atoms with Crippen molar-refractivity contribution >= 4 is 17.4 Å². The Balaban J connectivity index is 1.76. The van der Waals surface area contributed by atoms with Crippen molar-refractivity contribution in [2.75, 3.05) is 6.54 Å². The van der Waals surface area contributed by atoms with Gasteiger partial charge in [-0.15, -0.1) is 5.10 Å². The third kappa shape index (κ3) is 2.83. The lowest BCUT2D eigenvalue weighted by Crippen LogP contribution is -2.38. The van der Waals surface area contributed by atoms with Crippen LogP contribution in [0.15, 0.2) is 12.4 Å². The second kappa shape index (κ2) is 5.93. The maximum absolute atomic E-state index is 12.7. The number of aryl methyl sites for hydroxylation is 2. The second-order valence-corrected chi connectivity index (χ2v) is 6.19. The van der Waals surface area contributed by atoms with E-state index >= 15 is 0 Å². The summed E-state index contributed by atoms with van der Waals surface area (Å²) in [6, 6.07) is 0.212. The van der Waals surface area contributed by atoms with E-state index in [0.29, 0.717) is 4.88 Å². The highest BCUT2D eigenvalue weighted by Gasteiger charge is 2.32. The first kappa shape index (κ1) is 14.2. The molecule has 0 saturated carbocycles. The molecule has 0 unspecified atom stereocenters. The van der Waals surface area contributed by atoms with E-state index in [2.05, 4.69) is 14.7 Å². The second-order valence-electron chi connectivity index (χ2n) is 5.44. The van der Waals surface area contributed by atoms with Crippen molar-refractivity contribution in [3.8, 4) is 0 Å². The molecule has 1 atom stereocenters. The fraction of sp³-hybridized carbons (Fsp3) is 0.571. The lowest BCUT2D eigenvalue weighted by molar-refractivity contribution is 0.0725. The van der Waals surface area contributed by atoms with Crippen LogP contribution in [0.2, 0.25) is 0 Å². The molecule has 2 aromatic heterocycles. The maximum atomic E-state index is 12.7. The Kier molecular flexibility index (Phi) is 4.01. The van der Waals surface area contributed by atoms with Crippen LogP contribution >= 0.6 is 11.5 Å². The third-order valence-corrected chi connectivity index (χ3v) is 4.64. The van der Waals surface area contributed by atoms with Crippen LogP contribution in [-0.2, 0) is 13.0 Å². The zero-order chi connectivity index (χ0) is 14.8. The molecule has 112 valence electrons. The number of nitrogens with zero attached hydrogens (tertiary/aromatic N) is 5. The van der Waals surface area contributed by atoms with E-state index in [1.54, 1.807) is 0 Å². The molecule has 0 aliphatic carbocycles. The minimum Gasteiger partial charge on any atom is -0.333 e. The van der Waals surface area contributed by atoms with E-state index in [-0.39, 0.29) is 11.9 Å². The Labute approximate surface area is 127 Å². The van der Waals surface area contributed by atoms with Crippen molar-refractivity contribution in [2.45, 2.75) is 45.7 Å². The molecule has 1 aliphatic heterocycles. The first-order chi connectivity index (χ1) is 10.2. The topological polar surface area (TPSA) is 63.9 Å². The van der Waals surface area contributed by atoms with Crippen molar-refractivity contribution < 1.29 is 4.79 Å². The van der Waals surface area contributed by atoms with E-state index in [4.69, 9.17) is 0 Å². The Bertz CT molecular complexity index is 635. The molecule has 0 N–H and O–H groups in total. The maximum Gasteiger partial charge on any atom is 0.267 e. The molecule has 3 rings (SSSR count). The van der Waals surface area contributed by atoms with E-state index in [1.165, 1.54) is 11.5 Å². The van der Waals surface area contributed by atoms with Gasteiger partial charge in [-0.2, -0.15) is 5.10 Å². The van der Waals surface area contributed by atoms with Crippen molar-refractivity contribution in [1.82, 2.24) is 24.3 Å². The molecule has 3 heterocycles. The van der Waals surface area contributed by atoms with Crippen LogP contribution in [-0.4, -0.2) is 42.8 Å².